The maximum Gasteiger partial charge on any atom is 0.260 e. The number of amides is 3. The number of carbonyl (C=O) groups excluding carboxylic acids is 3. The molecule has 7 heteroatoms. The van der Waals surface area contributed by atoms with E-state index in [2.05, 4.69) is 26.2 Å². The highest BCUT2D eigenvalue weighted by molar-refractivity contribution is 9.10. The molecular formula is C15H10BrN3O3. The predicted molar refractivity (Wildman–Crippen MR) is 82.4 cm³/mol. The molecule has 0 aliphatic carbocycles. The molecule has 2 aliphatic rings. The van der Waals surface area contributed by atoms with Gasteiger partial charge >= 0.3 is 0 Å². The molecule has 22 heavy (non-hydrogen) atoms. The maximum absolute atomic E-state index is 12.8. The second-order valence-electron chi connectivity index (χ2n) is 5.32. The van der Waals surface area contributed by atoms with E-state index in [1.807, 2.05) is 6.07 Å². The van der Waals surface area contributed by atoms with Crippen molar-refractivity contribution in [3.8, 4) is 0 Å². The number of piperidine rings is 1. The molecule has 1 aromatic heterocycles. The first-order chi connectivity index (χ1) is 10.6. The quantitative estimate of drug-likeness (QED) is 0.786. The molecule has 1 fully saturated rings. The van der Waals surface area contributed by atoms with Crippen molar-refractivity contribution < 1.29 is 14.4 Å². The standard InChI is InChI=1S/C15H10BrN3O3/c16-8-2-1-7-5-17-6-10-12(7)13(8)15(22)19(10)9-3-4-11(20)18-14(9)21/h1-2,5-6,9H,3-4H2,(H,18,20,21). The van der Waals surface area contributed by atoms with E-state index >= 15 is 0 Å². The van der Waals surface area contributed by atoms with Crippen LogP contribution in [0.4, 0.5) is 5.69 Å². The SMILES string of the molecule is O=C1CCC(N2C(=O)c3c(Br)ccc4cncc2c34)C(=O)N1. The van der Waals surface area contributed by atoms with Crippen molar-refractivity contribution in [1.82, 2.24) is 10.3 Å². The lowest BCUT2D eigenvalue weighted by Crippen LogP contribution is -2.53. The van der Waals surface area contributed by atoms with Crippen LogP contribution in [-0.4, -0.2) is 28.7 Å². The second kappa shape index (κ2) is 4.61. The van der Waals surface area contributed by atoms with E-state index in [4.69, 9.17) is 0 Å². The molecule has 0 saturated carbocycles. The Labute approximate surface area is 133 Å². The minimum Gasteiger partial charge on any atom is -0.295 e. The molecule has 6 nitrogen and oxygen atoms in total. The molecular weight excluding hydrogens is 350 g/mol. The van der Waals surface area contributed by atoms with Gasteiger partial charge in [0.1, 0.15) is 6.04 Å². The smallest absolute Gasteiger partial charge is 0.260 e. The van der Waals surface area contributed by atoms with Gasteiger partial charge in [0.15, 0.2) is 0 Å². The van der Waals surface area contributed by atoms with Crippen LogP contribution in [0.2, 0.25) is 0 Å². The van der Waals surface area contributed by atoms with Crippen LogP contribution in [0.1, 0.15) is 23.2 Å². The number of anilines is 1. The number of rotatable bonds is 1. The molecule has 0 spiro atoms. The molecule has 1 N–H and O–H groups in total. The summed E-state index contributed by atoms with van der Waals surface area (Å²) < 4.78 is 0.687. The Balaban J connectivity index is 1.89. The summed E-state index contributed by atoms with van der Waals surface area (Å²) in [6, 6.07) is 2.99. The highest BCUT2D eigenvalue weighted by Crippen LogP contribution is 2.41. The molecule has 3 heterocycles. The van der Waals surface area contributed by atoms with Gasteiger partial charge in [-0.3, -0.25) is 29.6 Å². The molecule has 3 amide bonds. The van der Waals surface area contributed by atoms with Gasteiger partial charge in [-0.1, -0.05) is 6.07 Å². The highest BCUT2D eigenvalue weighted by atomic mass is 79.9. The molecule has 1 atom stereocenters. The second-order valence-corrected chi connectivity index (χ2v) is 6.18. The van der Waals surface area contributed by atoms with Gasteiger partial charge in [0.05, 0.1) is 17.4 Å². The lowest BCUT2D eigenvalue weighted by molar-refractivity contribution is -0.134. The summed E-state index contributed by atoms with van der Waals surface area (Å²) in [6.07, 6.45) is 3.82. The predicted octanol–water partition coefficient (Wildman–Crippen LogP) is 1.76. The third-order valence-electron chi connectivity index (χ3n) is 4.07. The van der Waals surface area contributed by atoms with Crippen LogP contribution in [0, 0.1) is 0 Å². The number of aromatic nitrogens is 1. The van der Waals surface area contributed by atoms with E-state index in [0.717, 1.165) is 10.8 Å². The topological polar surface area (TPSA) is 79.4 Å². The molecule has 2 aliphatic heterocycles. The van der Waals surface area contributed by atoms with Crippen LogP contribution >= 0.6 is 15.9 Å². The fourth-order valence-electron chi connectivity index (χ4n) is 3.09. The molecule has 1 saturated heterocycles. The van der Waals surface area contributed by atoms with E-state index in [1.54, 1.807) is 18.5 Å². The molecule has 1 aromatic carbocycles. The monoisotopic (exact) mass is 359 g/mol. The summed E-state index contributed by atoms with van der Waals surface area (Å²) in [5.41, 5.74) is 1.16. The summed E-state index contributed by atoms with van der Waals surface area (Å²) >= 11 is 3.40. The average molecular weight is 360 g/mol. The Bertz CT molecular complexity index is 864. The van der Waals surface area contributed by atoms with Gasteiger partial charge in [-0.05, 0) is 28.4 Å². The first kappa shape index (κ1) is 13.4. The zero-order chi connectivity index (χ0) is 15.4. The number of nitrogens with zero attached hydrogens (tertiary/aromatic N) is 2. The summed E-state index contributed by atoms with van der Waals surface area (Å²) in [4.78, 5) is 41.9. The number of imide groups is 1. The Morgan fingerprint density at radius 1 is 1.23 bits per heavy atom. The largest absolute Gasteiger partial charge is 0.295 e. The fraction of sp³-hybridized carbons (Fsp3) is 0.200. The minimum absolute atomic E-state index is 0.223. The summed E-state index contributed by atoms with van der Waals surface area (Å²) in [5.74, 6) is -0.983. The van der Waals surface area contributed by atoms with Crippen molar-refractivity contribution in [2.45, 2.75) is 18.9 Å². The van der Waals surface area contributed by atoms with Crippen LogP contribution < -0.4 is 10.2 Å². The third kappa shape index (κ3) is 1.72. The molecule has 1 unspecified atom stereocenters. The Morgan fingerprint density at radius 2 is 2.05 bits per heavy atom. The third-order valence-corrected chi connectivity index (χ3v) is 4.73. The van der Waals surface area contributed by atoms with E-state index in [9.17, 15) is 14.4 Å². The lowest BCUT2D eigenvalue weighted by atomic mass is 10.0. The molecule has 110 valence electrons. The van der Waals surface area contributed by atoms with E-state index in [1.165, 1.54) is 4.90 Å². The van der Waals surface area contributed by atoms with Gasteiger partial charge < -0.3 is 0 Å². The first-order valence-electron chi connectivity index (χ1n) is 6.81. The van der Waals surface area contributed by atoms with Crippen molar-refractivity contribution in [3.05, 3.63) is 34.6 Å². The van der Waals surface area contributed by atoms with Gasteiger partial charge in [0.2, 0.25) is 11.8 Å². The molecule has 4 rings (SSSR count). The number of carbonyl (C=O) groups is 3. The Hall–Kier alpha value is -2.28. The van der Waals surface area contributed by atoms with Crippen molar-refractivity contribution in [1.29, 1.82) is 0 Å². The minimum atomic E-state index is -0.683. The fourth-order valence-corrected chi connectivity index (χ4v) is 3.59. The number of hydrogen-bond donors (Lipinski definition) is 1. The lowest BCUT2D eigenvalue weighted by Gasteiger charge is -2.29. The Morgan fingerprint density at radius 3 is 2.82 bits per heavy atom. The van der Waals surface area contributed by atoms with Crippen LogP contribution in [0.5, 0.6) is 0 Å². The van der Waals surface area contributed by atoms with E-state index in [-0.39, 0.29) is 18.2 Å². The van der Waals surface area contributed by atoms with Crippen LogP contribution in [0.25, 0.3) is 10.8 Å². The number of nitrogens with one attached hydrogen (secondary N) is 1. The zero-order valence-corrected chi connectivity index (χ0v) is 12.9. The van der Waals surface area contributed by atoms with Gasteiger partial charge in [-0.2, -0.15) is 0 Å². The normalized spacial score (nSPS) is 20.7. The van der Waals surface area contributed by atoms with Crippen molar-refractivity contribution in [2.24, 2.45) is 0 Å². The molecule has 0 bridgehead atoms. The van der Waals surface area contributed by atoms with Gasteiger partial charge in [-0.25, -0.2) is 0 Å². The number of benzene rings is 1. The van der Waals surface area contributed by atoms with Crippen molar-refractivity contribution in [2.75, 3.05) is 4.90 Å². The number of halogens is 1. The number of hydrogen-bond acceptors (Lipinski definition) is 4. The van der Waals surface area contributed by atoms with Gasteiger partial charge in [0.25, 0.3) is 5.91 Å². The van der Waals surface area contributed by atoms with Gasteiger partial charge in [0, 0.05) is 27.9 Å². The van der Waals surface area contributed by atoms with Crippen molar-refractivity contribution >= 4 is 50.1 Å². The molecule has 0 radical (unpaired) electrons. The van der Waals surface area contributed by atoms with Crippen LogP contribution in [0.3, 0.4) is 0 Å². The first-order valence-corrected chi connectivity index (χ1v) is 7.60. The summed E-state index contributed by atoms with van der Waals surface area (Å²) in [7, 11) is 0. The maximum atomic E-state index is 12.8. The summed E-state index contributed by atoms with van der Waals surface area (Å²) in [6.45, 7) is 0. The number of pyridine rings is 1. The highest BCUT2D eigenvalue weighted by Gasteiger charge is 2.41. The van der Waals surface area contributed by atoms with Crippen LogP contribution in [-0.2, 0) is 9.59 Å². The van der Waals surface area contributed by atoms with E-state index in [0.29, 0.717) is 22.1 Å². The molecule has 2 aromatic rings. The van der Waals surface area contributed by atoms with E-state index < -0.39 is 11.9 Å². The van der Waals surface area contributed by atoms with Gasteiger partial charge in [-0.15, -0.1) is 0 Å². The zero-order valence-electron chi connectivity index (χ0n) is 11.3. The average Bonchev–Trinajstić information content (AvgIpc) is 2.78. The summed E-state index contributed by atoms with van der Waals surface area (Å²) in [5, 5.41) is 3.93. The van der Waals surface area contributed by atoms with Crippen molar-refractivity contribution in [3.63, 3.8) is 0 Å². The Kier molecular flexibility index (Phi) is 2.80. The van der Waals surface area contributed by atoms with Crippen LogP contribution in [0.15, 0.2) is 29.0 Å².